The first kappa shape index (κ1) is 17.4. The third-order valence-electron chi connectivity index (χ3n) is 3.69. The van der Waals surface area contributed by atoms with Crippen molar-refractivity contribution >= 4 is 11.6 Å². The van der Waals surface area contributed by atoms with Crippen molar-refractivity contribution in [2.45, 2.75) is 57.9 Å². The van der Waals surface area contributed by atoms with Gasteiger partial charge in [0.05, 0.1) is 6.04 Å². The summed E-state index contributed by atoms with van der Waals surface area (Å²) >= 11 is 0. The SMILES string of the molecule is CCCCCCCCC(N)C(=O)c1ccccc1C(=N)N. The first-order valence-corrected chi connectivity index (χ1v) is 7.81. The normalized spacial score (nSPS) is 12.1. The summed E-state index contributed by atoms with van der Waals surface area (Å²) in [6, 6.07) is 6.42. The lowest BCUT2D eigenvalue weighted by Crippen LogP contribution is -2.32. The van der Waals surface area contributed by atoms with Crippen LogP contribution in [-0.4, -0.2) is 17.7 Å². The Labute approximate surface area is 127 Å². The van der Waals surface area contributed by atoms with E-state index in [1.165, 1.54) is 25.7 Å². The molecule has 0 spiro atoms. The summed E-state index contributed by atoms with van der Waals surface area (Å²) in [6.07, 6.45) is 7.76. The van der Waals surface area contributed by atoms with Crippen LogP contribution in [0.25, 0.3) is 0 Å². The Bertz CT molecular complexity index is 471. The van der Waals surface area contributed by atoms with Crippen LogP contribution in [0, 0.1) is 5.41 Å². The Balaban J connectivity index is 2.49. The summed E-state index contributed by atoms with van der Waals surface area (Å²) in [5.41, 5.74) is 12.4. The van der Waals surface area contributed by atoms with Crippen LogP contribution in [0.2, 0.25) is 0 Å². The highest BCUT2D eigenvalue weighted by Gasteiger charge is 2.19. The lowest BCUT2D eigenvalue weighted by Gasteiger charge is -2.13. The van der Waals surface area contributed by atoms with Crippen LogP contribution in [0.1, 0.15) is 67.8 Å². The van der Waals surface area contributed by atoms with Gasteiger partial charge in [0.2, 0.25) is 0 Å². The van der Waals surface area contributed by atoms with E-state index in [0.29, 0.717) is 17.5 Å². The Morgan fingerprint density at radius 2 is 1.67 bits per heavy atom. The fraction of sp³-hybridized carbons (Fsp3) is 0.529. The Kier molecular flexibility index (Phi) is 7.69. The van der Waals surface area contributed by atoms with Gasteiger partial charge in [-0.2, -0.15) is 0 Å². The third kappa shape index (κ3) is 5.68. The molecule has 116 valence electrons. The zero-order valence-corrected chi connectivity index (χ0v) is 12.9. The number of unbranched alkanes of at least 4 members (excludes halogenated alkanes) is 5. The monoisotopic (exact) mass is 289 g/mol. The maximum absolute atomic E-state index is 12.4. The van der Waals surface area contributed by atoms with E-state index < -0.39 is 6.04 Å². The molecule has 0 radical (unpaired) electrons. The summed E-state index contributed by atoms with van der Waals surface area (Å²) in [5, 5.41) is 7.53. The van der Waals surface area contributed by atoms with Gasteiger partial charge < -0.3 is 11.5 Å². The summed E-state index contributed by atoms with van der Waals surface area (Å²) in [4.78, 5) is 12.4. The van der Waals surface area contributed by atoms with Crippen molar-refractivity contribution < 1.29 is 4.79 Å². The van der Waals surface area contributed by atoms with Crippen LogP contribution in [0.5, 0.6) is 0 Å². The van der Waals surface area contributed by atoms with Crippen molar-refractivity contribution in [1.29, 1.82) is 5.41 Å². The van der Waals surface area contributed by atoms with Crippen molar-refractivity contribution in [1.82, 2.24) is 0 Å². The van der Waals surface area contributed by atoms with E-state index in [4.69, 9.17) is 16.9 Å². The molecule has 1 unspecified atom stereocenters. The van der Waals surface area contributed by atoms with Crippen LogP contribution in [0.4, 0.5) is 0 Å². The molecule has 0 heterocycles. The molecule has 0 aliphatic heterocycles. The summed E-state index contributed by atoms with van der Waals surface area (Å²) < 4.78 is 0. The predicted octanol–water partition coefficient (Wildman–Crippen LogP) is 3.23. The number of amidine groups is 1. The fourth-order valence-electron chi connectivity index (χ4n) is 2.41. The van der Waals surface area contributed by atoms with Crippen LogP contribution in [0.15, 0.2) is 24.3 Å². The zero-order chi connectivity index (χ0) is 15.7. The van der Waals surface area contributed by atoms with Crippen molar-refractivity contribution in [2.75, 3.05) is 0 Å². The van der Waals surface area contributed by atoms with E-state index in [2.05, 4.69) is 6.92 Å². The number of benzene rings is 1. The second-order valence-electron chi connectivity index (χ2n) is 5.49. The number of nitrogens with one attached hydrogen (secondary N) is 1. The largest absolute Gasteiger partial charge is 0.384 e. The molecule has 4 heteroatoms. The Morgan fingerprint density at radius 3 is 2.29 bits per heavy atom. The molecule has 0 aromatic heterocycles. The zero-order valence-electron chi connectivity index (χ0n) is 12.9. The highest BCUT2D eigenvalue weighted by Crippen LogP contribution is 2.14. The minimum absolute atomic E-state index is 0.0919. The van der Waals surface area contributed by atoms with Crippen LogP contribution >= 0.6 is 0 Å². The maximum atomic E-state index is 12.4. The van der Waals surface area contributed by atoms with Gasteiger partial charge in [-0.05, 0) is 6.42 Å². The van der Waals surface area contributed by atoms with E-state index in [9.17, 15) is 4.79 Å². The van der Waals surface area contributed by atoms with Gasteiger partial charge in [0.25, 0.3) is 0 Å². The number of nitrogens with two attached hydrogens (primary N) is 2. The Hall–Kier alpha value is -1.68. The average Bonchev–Trinajstić information content (AvgIpc) is 2.49. The van der Waals surface area contributed by atoms with Gasteiger partial charge in [-0.3, -0.25) is 10.2 Å². The van der Waals surface area contributed by atoms with E-state index in [-0.39, 0.29) is 11.6 Å². The molecular weight excluding hydrogens is 262 g/mol. The number of nitrogen functional groups attached to an aromatic ring is 1. The molecule has 0 bridgehead atoms. The molecule has 4 nitrogen and oxygen atoms in total. The minimum Gasteiger partial charge on any atom is -0.384 e. The molecule has 1 aromatic carbocycles. The number of ketones is 1. The lowest BCUT2D eigenvalue weighted by atomic mass is 9.95. The number of carbonyl (C=O) groups excluding carboxylic acids is 1. The topological polar surface area (TPSA) is 93.0 Å². The van der Waals surface area contributed by atoms with E-state index in [1.807, 2.05) is 0 Å². The molecule has 0 aliphatic carbocycles. The first-order valence-electron chi connectivity index (χ1n) is 7.81. The number of Topliss-reactive ketones (excluding diaryl/α,β-unsaturated/α-hetero) is 1. The average molecular weight is 289 g/mol. The standard InChI is InChI=1S/C17H27N3O/c1-2-3-4-5-6-7-12-15(18)16(21)13-10-8-9-11-14(13)17(19)20/h8-11,15H,2-7,12,18H2,1H3,(H3,19,20). The molecule has 1 aromatic rings. The van der Waals surface area contributed by atoms with Gasteiger partial charge in [-0.15, -0.1) is 0 Å². The van der Waals surface area contributed by atoms with Crippen LogP contribution < -0.4 is 11.5 Å². The molecular formula is C17H27N3O. The number of carbonyl (C=O) groups is 1. The quantitative estimate of drug-likeness (QED) is 0.267. The van der Waals surface area contributed by atoms with Crippen LogP contribution in [0.3, 0.4) is 0 Å². The fourth-order valence-corrected chi connectivity index (χ4v) is 2.41. The second-order valence-corrected chi connectivity index (χ2v) is 5.49. The minimum atomic E-state index is -0.503. The van der Waals surface area contributed by atoms with Gasteiger partial charge in [-0.1, -0.05) is 69.7 Å². The third-order valence-corrected chi connectivity index (χ3v) is 3.69. The summed E-state index contributed by atoms with van der Waals surface area (Å²) in [5.74, 6) is -0.208. The van der Waals surface area contributed by atoms with E-state index in [0.717, 1.165) is 12.8 Å². The second kappa shape index (κ2) is 9.29. The predicted molar refractivity (Wildman–Crippen MR) is 87.8 cm³/mol. The number of rotatable bonds is 10. The molecule has 1 atom stereocenters. The highest BCUT2D eigenvalue weighted by molar-refractivity contribution is 6.10. The van der Waals surface area contributed by atoms with Gasteiger partial charge in [0.1, 0.15) is 5.84 Å². The highest BCUT2D eigenvalue weighted by atomic mass is 16.1. The van der Waals surface area contributed by atoms with Crippen LogP contribution in [-0.2, 0) is 0 Å². The van der Waals surface area contributed by atoms with E-state index in [1.54, 1.807) is 24.3 Å². The maximum Gasteiger partial charge on any atom is 0.180 e. The lowest BCUT2D eigenvalue weighted by molar-refractivity contribution is 0.0955. The van der Waals surface area contributed by atoms with Crippen molar-refractivity contribution in [3.63, 3.8) is 0 Å². The van der Waals surface area contributed by atoms with Crippen molar-refractivity contribution in [3.05, 3.63) is 35.4 Å². The molecule has 0 amide bonds. The van der Waals surface area contributed by atoms with Gasteiger partial charge in [0.15, 0.2) is 5.78 Å². The molecule has 0 saturated carbocycles. The molecule has 1 rings (SSSR count). The molecule has 21 heavy (non-hydrogen) atoms. The summed E-state index contributed by atoms with van der Waals surface area (Å²) in [7, 11) is 0. The summed E-state index contributed by atoms with van der Waals surface area (Å²) in [6.45, 7) is 2.20. The molecule has 5 N–H and O–H groups in total. The van der Waals surface area contributed by atoms with Crippen molar-refractivity contribution in [3.8, 4) is 0 Å². The smallest absolute Gasteiger partial charge is 0.180 e. The first-order chi connectivity index (χ1) is 10.1. The molecule has 0 fully saturated rings. The Morgan fingerprint density at radius 1 is 1.10 bits per heavy atom. The van der Waals surface area contributed by atoms with Crippen molar-refractivity contribution in [2.24, 2.45) is 11.5 Å². The molecule has 0 aliphatic rings. The van der Waals surface area contributed by atoms with Gasteiger partial charge >= 0.3 is 0 Å². The van der Waals surface area contributed by atoms with Gasteiger partial charge in [0, 0.05) is 11.1 Å². The van der Waals surface area contributed by atoms with E-state index >= 15 is 0 Å². The number of hydrogen-bond donors (Lipinski definition) is 3. The van der Waals surface area contributed by atoms with Gasteiger partial charge in [-0.25, -0.2) is 0 Å². The number of hydrogen-bond acceptors (Lipinski definition) is 3. The molecule has 0 saturated heterocycles.